The second kappa shape index (κ2) is 4.84. The molecule has 1 heterocycles. The Bertz CT molecular complexity index is 228. The molecule has 1 fully saturated rings. The molecule has 1 saturated heterocycles. The van der Waals surface area contributed by atoms with Gasteiger partial charge in [0.15, 0.2) is 0 Å². The van der Waals surface area contributed by atoms with Gasteiger partial charge in [0.1, 0.15) is 0 Å². The van der Waals surface area contributed by atoms with Gasteiger partial charge in [-0.1, -0.05) is 13.8 Å². The minimum atomic E-state index is 0.0202. The summed E-state index contributed by atoms with van der Waals surface area (Å²) in [5.41, 5.74) is 5.70. The third-order valence-corrected chi connectivity index (χ3v) is 2.95. The number of carbonyl (C=O) groups is 1. The number of amides is 2. The molecule has 0 atom stereocenters. The molecular weight excluding hydrogens is 190 g/mol. The molecular formula is C11H23N3O. The molecule has 4 heteroatoms. The number of rotatable bonds is 4. The lowest BCUT2D eigenvalue weighted by Gasteiger charge is -2.39. The van der Waals surface area contributed by atoms with Crippen molar-refractivity contribution in [2.45, 2.75) is 27.2 Å². The second-order valence-electron chi connectivity index (χ2n) is 5.01. The predicted molar refractivity (Wildman–Crippen MR) is 61.7 cm³/mol. The van der Waals surface area contributed by atoms with E-state index in [1.807, 2.05) is 16.7 Å². The molecule has 1 aliphatic heterocycles. The van der Waals surface area contributed by atoms with E-state index >= 15 is 0 Å². The van der Waals surface area contributed by atoms with Gasteiger partial charge in [-0.2, -0.15) is 0 Å². The number of urea groups is 1. The van der Waals surface area contributed by atoms with Crippen molar-refractivity contribution in [1.29, 1.82) is 0 Å². The molecule has 1 rings (SSSR count). The summed E-state index contributed by atoms with van der Waals surface area (Å²) in [6.07, 6.45) is 1.07. The van der Waals surface area contributed by atoms with Gasteiger partial charge >= 0.3 is 6.03 Å². The number of nitrogens with two attached hydrogens (primary N) is 1. The summed E-state index contributed by atoms with van der Waals surface area (Å²) in [5, 5.41) is 0. The maximum Gasteiger partial charge on any atom is 0.320 e. The normalized spacial score (nSPS) is 18.5. The van der Waals surface area contributed by atoms with Gasteiger partial charge in [-0.05, 0) is 25.3 Å². The zero-order valence-corrected chi connectivity index (χ0v) is 10.1. The lowest BCUT2D eigenvalue weighted by atomic mass is 9.93. The van der Waals surface area contributed by atoms with Crippen LogP contribution in [0.2, 0.25) is 0 Å². The molecule has 4 nitrogen and oxygen atoms in total. The molecule has 0 saturated carbocycles. The highest BCUT2D eigenvalue weighted by molar-refractivity contribution is 5.75. The van der Waals surface area contributed by atoms with E-state index in [2.05, 4.69) is 13.8 Å². The van der Waals surface area contributed by atoms with Crippen molar-refractivity contribution in [3.05, 3.63) is 0 Å². The summed E-state index contributed by atoms with van der Waals surface area (Å²) in [7, 11) is 0. The van der Waals surface area contributed by atoms with E-state index in [9.17, 15) is 4.79 Å². The van der Waals surface area contributed by atoms with Crippen LogP contribution in [0.5, 0.6) is 0 Å². The molecule has 0 spiro atoms. The SMILES string of the molecule is CCN1CCCN(CC(C)(C)CN)C1=O. The quantitative estimate of drug-likeness (QED) is 0.760. The van der Waals surface area contributed by atoms with E-state index in [4.69, 9.17) is 5.73 Å². The summed E-state index contributed by atoms with van der Waals surface area (Å²) in [5.74, 6) is 0. The maximum atomic E-state index is 12.0. The van der Waals surface area contributed by atoms with Crippen molar-refractivity contribution in [1.82, 2.24) is 9.80 Å². The molecule has 88 valence electrons. The Balaban J connectivity index is 2.58. The highest BCUT2D eigenvalue weighted by Gasteiger charge is 2.28. The van der Waals surface area contributed by atoms with Crippen LogP contribution in [0.3, 0.4) is 0 Å². The Labute approximate surface area is 92.4 Å². The van der Waals surface area contributed by atoms with Crippen molar-refractivity contribution in [2.24, 2.45) is 11.1 Å². The van der Waals surface area contributed by atoms with Crippen molar-refractivity contribution >= 4 is 6.03 Å². The zero-order chi connectivity index (χ0) is 11.5. The van der Waals surface area contributed by atoms with Crippen LogP contribution in [0, 0.1) is 5.41 Å². The topological polar surface area (TPSA) is 49.6 Å². The Hall–Kier alpha value is -0.770. The van der Waals surface area contributed by atoms with E-state index in [1.165, 1.54) is 0 Å². The van der Waals surface area contributed by atoms with Crippen LogP contribution in [0.15, 0.2) is 0 Å². The van der Waals surface area contributed by atoms with Gasteiger partial charge in [0, 0.05) is 26.2 Å². The van der Waals surface area contributed by atoms with Gasteiger partial charge in [-0.3, -0.25) is 0 Å². The first-order valence-electron chi connectivity index (χ1n) is 5.74. The van der Waals surface area contributed by atoms with Gasteiger partial charge in [-0.25, -0.2) is 4.79 Å². The van der Waals surface area contributed by atoms with E-state index in [0.29, 0.717) is 6.54 Å². The molecule has 0 bridgehead atoms. The molecule has 0 radical (unpaired) electrons. The number of carbonyl (C=O) groups excluding carboxylic acids is 1. The van der Waals surface area contributed by atoms with E-state index in [0.717, 1.165) is 32.6 Å². The molecule has 1 aliphatic rings. The average Bonchev–Trinajstić information content (AvgIpc) is 2.21. The second-order valence-corrected chi connectivity index (χ2v) is 5.01. The number of hydrogen-bond acceptors (Lipinski definition) is 2. The molecule has 0 aromatic rings. The van der Waals surface area contributed by atoms with Crippen LogP contribution in [0.4, 0.5) is 4.79 Å². The predicted octanol–water partition coefficient (Wildman–Crippen LogP) is 1.12. The van der Waals surface area contributed by atoms with E-state index in [1.54, 1.807) is 0 Å². The van der Waals surface area contributed by atoms with Gasteiger partial charge in [-0.15, -0.1) is 0 Å². The fraction of sp³-hybridized carbons (Fsp3) is 0.909. The third kappa shape index (κ3) is 3.09. The monoisotopic (exact) mass is 213 g/mol. The average molecular weight is 213 g/mol. The Morgan fingerprint density at radius 3 is 2.47 bits per heavy atom. The molecule has 0 aromatic heterocycles. The lowest BCUT2D eigenvalue weighted by Crippen LogP contribution is -2.52. The van der Waals surface area contributed by atoms with Crippen LogP contribution >= 0.6 is 0 Å². The Morgan fingerprint density at radius 1 is 1.33 bits per heavy atom. The standard InChI is InChI=1S/C11H23N3O/c1-4-13-6-5-7-14(10(13)15)9-11(2,3)8-12/h4-9,12H2,1-3H3. The van der Waals surface area contributed by atoms with E-state index in [-0.39, 0.29) is 11.4 Å². The summed E-state index contributed by atoms with van der Waals surface area (Å²) >= 11 is 0. The smallest absolute Gasteiger partial charge is 0.320 e. The minimum Gasteiger partial charge on any atom is -0.330 e. The largest absolute Gasteiger partial charge is 0.330 e. The van der Waals surface area contributed by atoms with Crippen LogP contribution in [0.25, 0.3) is 0 Å². The first-order valence-corrected chi connectivity index (χ1v) is 5.74. The van der Waals surface area contributed by atoms with Gasteiger partial charge < -0.3 is 15.5 Å². The summed E-state index contributed by atoms with van der Waals surface area (Å²) in [6, 6.07) is 0.172. The van der Waals surface area contributed by atoms with Crippen molar-refractivity contribution < 1.29 is 4.79 Å². The van der Waals surface area contributed by atoms with Crippen LogP contribution in [0.1, 0.15) is 27.2 Å². The van der Waals surface area contributed by atoms with Crippen LogP contribution in [-0.4, -0.2) is 48.6 Å². The highest BCUT2D eigenvalue weighted by atomic mass is 16.2. The van der Waals surface area contributed by atoms with Gasteiger partial charge in [0.05, 0.1) is 0 Å². The van der Waals surface area contributed by atoms with Crippen LogP contribution < -0.4 is 5.73 Å². The summed E-state index contributed by atoms with van der Waals surface area (Å²) in [4.78, 5) is 15.8. The summed E-state index contributed by atoms with van der Waals surface area (Å²) < 4.78 is 0. The number of hydrogen-bond donors (Lipinski definition) is 1. The third-order valence-electron chi connectivity index (χ3n) is 2.95. The van der Waals surface area contributed by atoms with Crippen molar-refractivity contribution in [3.8, 4) is 0 Å². The Morgan fingerprint density at radius 2 is 1.93 bits per heavy atom. The zero-order valence-electron chi connectivity index (χ0n) is 10.1. The molecule has 0 unspecified atom stereocenters. The summed E-state index contributed by atoms with van der Waals surface area (Å²) in [6.45, 7) is 10.2. The van der Waals surface area contributed by atoms with Gasteiger partial charge in [0.25, 0.3) is 0 Å². The molecule has 2 N–H and O–H groups in total. The first-order chi connectivity index (χ1) is 7.00. The van der Waals surface area contributed by atoms with Crippen molar-refractivity contribution in [2.75, 3.05) is 32.7 Å². The lowest BCUT2D eigenvalue weighted by molar-refractivity contribution is 0.111. The van der Waals surface area contributed by atoms with Crippen molar-refractivity contribution in [3.63, 3.8) is 0 Å². The van der Waals surface area contributed by atoms with Crippen LogP contribution in [-0.2, 0) is 0 Å². The maximum absolute atomic E-state index is 12.0. The first kappa shape index (κ1) is 12.3. The Kier molecular flexibility index (Phi) is 3.97. The fourth-order valence-corrected chi connectivity index (χ4v) is 1.87. The molecule has 0 aliphatic carbocycles. The minimum absolute atomic E-state index is 0.0202. The van der Waals surface area contributed by atoms with E-state index < -0.39 is 0 Å². The molecule has 2 amide bonds. The number of nitrogens with zero attached hydrogens (tertiary/aromatic N) is 2. The molecule has 0 aromatic carbocycles. The van der Waals surface area contributed by atoms with Gasteiger partial charge in [0.2, 0.25) is 0 Å². The fourth-order valence-electron chi connectivity index (χ4n) is 1.87. The molecule has 15 heavy (non-hydrogen) atoms. The highest BCUT2D eigenvalue weighted by Crippen LogP contribution is 2.18.